The second-order valence-corrected chi connectivity index (χ2v) is 7.77. The number of hydrogen-bond donors (Lipinski definition) is 2. The van der Waals surface area contributed by atoms with Crippen LogP contribution in [-0.4, -0.2) is 24.6 Å². The Kier molecular flexibility index (Phi) is 8.77. The maximum absolute atomic E-state index is 13.1. The van der Waals surface area contributed by atoms with E-state index in [1.165, 1.54) is 29.3 Å². The van der Waals surface area contributed by atoms with Crippen molar-refractivity contribution in [2.45, 2.75) is 46.5 Å². The fraction of sp³-hybridized carbons (Fsp3) is 0.435. The van der Waals surface area contributed by atoms with Crippen LogP contribution in [0.4, 0.5) is 4.39 Å². The fourth-order valence-corrected chi connectivity index (χ4v) is 3.28. The highest BCUT2D eigenvalue weighted by Crippen LogP contribution is 2.30. The molecule has 0 spiro atoms. The van der Waals surface area contributed by atoms with Crippen LogP contribution < -0.4 is 10.7 Å². The minimum Gasteiger partial charge on any atom is -0.343 e. The van der Waals surface area contributed by atoms with Crippen LogP contribution >= 0.6 is 0 Å². The minimum atomic E-state index is -0.504. The van der Waals surface area contributed by atoms with Crippen LogP contribution in [0, 0.1) is 17.7 Å². The fourth-order valence-electron chi connectivity index (χ4n) is 3.28. The van der Waals surface area contributed by atoms with Gasteiger partial charge in [-0.05, 0) is 63.6 Å². The van der Waals surface area contributed by atoms with E-state index in [1.807, 2.05) is 0 Å². The zero-order valence-corrected chi connectivity index (χ0v) is 17.4. The summed E-state index contributed by atoms with van der Waals surface area (Å²) in [5.74, 6) is -0.676. The predicted molar refractivity (Wildman–Crippen MR) is 114 cm³/mol. The number of nitrogens with one attached hydrogen (secondary N) is 2. The summed E-state index contributed by atoms with van der Waals surface area (Å²) in [6.07, 6.45) is 10.5. The highest BCUT2D eigenvalue weighted by Gasteiger charge is 2.20. The maximum atomic E-state index is 13.1. The topological polar surface area (TPSA) is 70.6 Å². The number of carbonyl (C=O) groups excluding carboxylic acids is 2. The standard InChI is InChI=1S/C23H30FN3O2/c1-16(2)6-4-7-18-10-11-20(17(3)12-18)14-26-27-22(28)15-25-23(29)19-8-5-9-21(24)13-19/h5-6,8-10,13-14,17,20H,4,7,11-12,15H2,1-3H3,(H,25,29)(H,27,28)/b26-14-/t17-,20-/m1/s1. The molecule has 0 aromatic heterocycles. The van der Waals surface area contributed by atoms with Gasteiger partial charge in [-0.25, -0.2) is 9.82 Å². The summed E-state index contributed by atoms with van der Waals surface area (Å²) in [7, 11) is 0. The Morgan fingerprint density at radius 1 is 1.31 bits per heavy atom. The second kappa shape index (κ2) is 11.3. The van der Waals surface area contributed by atoms with Gasteiger partial charge in [0.25, 0.3) is 11.8 Å². The first-order chi connectivity index (χ1) is 13.8. The highest BCUT2D eigenvalue weighted by atomic mass is 19.1. The largest absolute Gasteiger partial charge is 0.343 e. The van der Waals surface area contributed by atoms with Crippen molar-refractivity contribution < 1.29 is 14.0 Å². The molecule has 1 aliphatic carbocycles. The van der Waals surface area contributed by atoms with E-state index in [2.05, 4.69) is 48.8 Å². The molecule has 0 unspecified atom stereocenters. The number of carbonyl (C=O) groups is 2. The summed E-state index contributed by atoms with van der Waals surface area (Å²) in [5.41, 5.74) is 5.45. The molecule has 2 rings (SSSR count). The molecule has 0 saturated carbocycles. The lowest BCUT2D eigenvalue weighted by atomic mass is 9.80. The number of rotatable bonds is 8. The van der Waals surface area contributed by atoms with Gasteiger partial charge in [0.1, 0.15) is 5.82 Å². The third-order valence-corrected chi connectivity index (χ3v) is 4.96. The molecule has 5 nitrogen and oxygen atoms in total. The number of benzene rings is 1. The van der Waals surface area contributed by atoms with Crippen LogP contribution in [0.25, 0.3) is 0 Å². The number of allylic oxidation sites excluding steroid dienone is 4. The summed E-state index contributed by atoms with van der Waals surface area (Å²) in [6, 6.07) is 5.31. The molecule has 6 heteroatoms. The van der Waals surface area contributed by atoms with Gasteiger partial charge in [0.05, 0.1) is 6.54 Å². The van der Waals surface area contributed by atoms with E-state index in [1.54, 1.807) is 6.21 Å². The second-order valence-electron chi connectivity index (χ2n) is 7.77. The molecular formula is C23H30FN3O2. The van der Waals surface area contributed by atoms with Crippen molar-refractivity contribution in [2.75, 3.05) is 6.54 Å². The number of hydrogen-bond acceptors (Lipinski definition) is 3. The Labute approximate surface area is 172 Å². The van der Waals surface area contributed by atoms with Gasteiger partial charge in [0, 0.05) is 17.7 Å². The Morgan fingerprint density at radius 2 is 2.10 bits per heavy atom. The van der Waals surface area contributed by atoms with Gasteiger partial charge in [0.2, 0.25) is 0 Å². The van der Waals surface area contributed by atoms with Crippen molar-refractivity contribution in [3.05, 3.63) is 58.9 Å². The smallest absolute Gasteiger partial charge is 0.259 e. The molecule has 1 aromatic carbocycles. The summed E-state index contributed by atoms with van der Waals surface area (Å²) >= 11 is 0. The molecule has 1 aliphatic rings. The van der Waals surface area contributed by atoms with Crippen molar-refractivity contribution in [3.63, 3.8) is 0 Å². The molecule has 0 aliphatic heterocycles. The average Bonchev–Trinajstić information content (AvgIpc) is 2.67. The number of halogens is 1. The van der Waals surface area contributed by atoms with Gasteiger partial charge >= 0.3 is 0 Å². The SMILES string of the molecule is CC(C)=CCCC1=CC[C@H](/C=N\NC(=O)CNC(=O)c2cccc(F)c2)[C@H](C)C1. The van der Waals surface area contributed by atoms with E-state index in [0.29, 0.717) is 5.92 Å². The van der Waals surface area contributed by atoms with E-state index in [-0.39, 0.29) is 18.0 Å². The van der Waals surface area contributed by atoms with Gasteiger partial charge < -0.3 is 5.32 Å². The van der Waals surface area contributed by atoms with Crippen molar-refractivity contribution in [1.82, 2.24) is 10.7 Å². The first-order valence-corrected chi connectivity index (χ1v) is 10.0. The Bertz CT molecular complexity index is 810. The first-order valence-electron chi connectivity index (χ1n) is 10.0. The summed E-state index contributed by atoms with van der Waals surface area (Å²) < 4.78 is 13.1. The van der Waals surface area contributed by atoms with Crippen molar-refractivity contribution >= 4 is 18.0 Å². The monoisotopic (exact) mass is 399 g/mol. The Balaban J connectivity index is 1.73. The predicted octanol–water partition coefficient (Wildman–Crippen LogP) is 4.38. The Morgan fingerprint density at radius 3 is 2.79 bits per heavy atom. The van der Waals surface area contributed by atoms with Crippen LogP contribution in [0.2, 0.25) is 0 Å². The molecule has 0 radical (unpaired) electrons. The van der Waals surface area contributed by atoms with Crippen molar-refractivity contribution in [3.8, 4) is 0 Å². The van der Waals surface area contributed by atoms with Gasteiger partial charge in [-0.1, -0.05) is 36.3 Å². The molecule has 2 amide bonds. The third-order valence-electron chi connectivity index (χ3n) is 4.96. The minimum absolute atomic E-state index is 0.171. The quantitative estimate of drug-likeness (QED) is 0.387. The average molecular weight is 400 g/mol. The summed E-state index contributed by atoms with van der Waals surface area (Å²) in [4.78, 5) is 23.8. The number of amides is 2. The third kappa shape index (κ3) is 8.02. The molecule has 156 valence electrons. The van der Waals surface area contributed by atoms with Crippen molar-refractivity contribution in [2.24, 2.45) is 16.9 Å². The van der Waals surface area contributed by atoms with E-state index in [0.717, 1.165) is 31.7 Å². The first kappa shape index (κ1) is 22.5. The summed E-state index contributed by atoms with van der Waals surface area (Å²) in [5, 5.41) is 6.50. The van der Waals surface area contributed by atoms with Crippen LogP contribution in [0.15, 0.2) is 52.7 Å². The van der Waals surface area contributed by atoms with Gasteiger partial charge in [0.15, 0.2) is 0 Å². The Hall–Kier alpha value is -2.76. The molecule has 0 saturated heterocycles. The lowest BCUT2D eigenvalue weighted by Crippen LogP contribution is -2.35. The normalized spacial score (nSPS) is 18.8. The van der Waals surface area contributed by atoms with E-state index < -0.39 is 17.6 Å². The maximum Gasteiger partial charge on any atom is 0.259 e. The highest BCUT2D eigenvalue weighted by molar-refractivity contribution is 5.96. The summed E-state index contributed by atoms with van der Waals surface area (Å²) in [6.45, 7) is 6.21. The molecule has 2 atom stereocenters. The number of hydrazone groups is 1. The van der Waals surface area contributed by atoms with Crippen LogP contribution in [-0.2, 0) is 4.79 Å². The van der Waals surface area contributed by atoms with Crippen LogP contribution in [0.5, 0.6) is 0 Å². The molecule has 29 heavy (non-hydrogen) atoms. The molecular weight excluding hydrogens is 369 g/mol. The lowest BCUT2D eigenvalue weighted by Gasteiger charge is -2.25. The number of nitrogens with zero attached hydrogens (tertiary/aromatic N) is 1. The zero-order valence-electron chi connectivity index (χ0n) is 17.4. The molecule has 2 N–H and O–H groups in total. The van der Waals surface area contributed by atoms with Crippen molar-refractivity contribution in [1.29, 1.82) is 0 Å². The van der Waals surface area contributed by atoms with Crippen LogP contribution in [0.3, 0.4) is 0 Å². The molecule has 0 fully saturated rings. The van der Waals surface area contributed by atoms with Gasteiger partial charge in [-0.3, -0.25) is 9.59 Å². The van der Waals surface area contributed by atoms with E-state index in [9.17, 15) is 14.0 Å². The van der Waals surface area contributed by atoms with E-state index >= 15 is 0 Å². The molecule has 0 heterocycles. The molecule has 1 aromatic rings. The molecule has 0 bridgehead atoms. The van der Waals surface area contributed by atoms with Crippen LogP contribution in [0.1, 0.15) is 56.8 Å². The lowest BCUT2D eigenvalue weighted by molar-refractivity contribution is -0.120. The van der Waals surface area contributed by atoms with Gasteiger partial charge in [-0.2, -0.15) is 5.10 Å². The van der Waals surface area contributed by atoms with E-state index in [4.69, 9.17) is 0 Å². The van der Waals surface area contributed by atoms with Gasteiger partial charge in [-0.15, -0.1) is 0 Å². The zero-order chi connectivity index (χ0) is 21.2.